The molecule has 1 unspecified atom stereocenters. The normalized spacial score (nSPS) is 18.0. The molecule has 1 saturated heterocycles. The number of amides is 2. The van der Waals surface area contributed by atoms with E-state index in [2.05, 4.69) is 20.6 Å². The molecule has 2 N–H and O–H groups in total. The van der Waals surface area contributed by atoms with Gasteiger partial charge in [0.25, 0.3) is 5.91 Å². The molecule has 0 bridgehead atoms. The van der Waals surface area contributed by atoms with Crippen molar-refractivity contribution in [1.82, 2.24) is 14.9 Å². The van der Waals surface area contributed by atoms with E-state index in [-0.39, 0.29) is 29.8 Å². The monoisotopic (exact) mass is 294 g/mol. The number of nitro groups is 1. The molecule has 1 atom stereocenters. The van der Waals surface area contributed by atoms with E-state index in [0.717, 1.165) is 11.1 Å². The summed E-state index contributed by atoms with van der Waals surface area (Å²) in [6.45, 7) is 2.37. The third kappa shape index (κ3) is 2.88. The van der Waals surface area contributed by atoms with Gasteiger partial charge < -0.3 is 10.6 Å². The zero-order chi connectivity index (χ0) is 15.6. The molecule has 2 rings (SSSR count). The standard InChI is InChI=1S/C11H14N6O4/c1-3-12-11-13-5-7(17(20)21)9(15-11)14-6-4-8(18)16(2)10(6)19/h5-6H,3-4H2,1-2H3,(H2,12,13,14,15). The highest BCUT2D eigenvalue weighted by atomic mass is 16.6. The van der Waals surface area contributed by atoms with Gasteiger partial charge in [0.1, 0.15) is 12.2 Å². The Morgan fingerprint density at radius 3 is 2.76 bits per heavy atom. The van der Waals surface area contributed by atoms with Crippen LogP contribution in [-0.2, 0) is 9.59 Å². The van der Waals surface area contributed by atoms with Gasteiger partial charge in [0.2, 0.25) is 17.7 Å². The first-order valence-electron chi connectivity index (χ1n) is 6.26. The summed E-state index contributed by atoms with van der Waals surface area (Å²) in [5.74, 6) is -0.679. The zero-order valence-electron chi connectivity index (χ0n) is 11.5. The van der Waals surface area contributed by atoms with Crippen LogP contribution in [0.3, 0.4) is 0 Å². The number of likely N-dealkylation sites (N-methyl/N-ethyl adjacent to an activating group) is 1. The predicted molar refractivity (Wildman–Crippen MR) is 72.7 cm³/mol. The van der Waals surface area contributed by atoms with E-state index in [9.17, 15) is 19.7 Å². The molecule has 1 aliphatic rings. The van der Waals surface area contributed by atoms with Gasteiger partial charge in [0.15, 0.2) is 0 Å². The second-order valence-corrected chi connectivity index (χ2v) is 4.41. The Bertz CT molecular complexity index is 604. The highest BCUT2D eigenvalue weighted by Gasteiger charge is 2.37. The fourth-order valence-corrected chi connectivity index (χ4v) is 1.89. The first-order chi connectivity index (χ1) is 9.93. The molecule has 0 saturated carbocycles. The van der Waals surface area contributed by atoms with Crippen molar-refractivity contribution in [3.05, 3.63) is 16.3 Å². The van der Waals surface area contributed by atoms with Crippen LogP contribution in [0.1, 0.15) is 13.3 Å². The number of hydrogen-bond acceptors (Lipinski definition) is 8. The fraction of sp³-hybridized carbons (Fsp3) is 0.455. The van der Waals surface area contributed by atoms with Gasteiger partial charge in [-0.2, -0.15) is 4.98 Å². The zero-order valence-corrected chi connectivity index (χ0v) is 11.5. The number of hydrogen-bond donors (Lipinski definition) is 2. The number of anilines is 2. The van der Waals surface area contributed by atoms with Crippen molar-refractivity contribution in [3.8, 4) is 0 Å². The lowest BCUT2D eigenvalue weighted by Gasteiger charge is -2.12. The van der Waals surface area contributed by atoms with E-state index >= 15 is 0 Å². The van der Waals surface area contributed by atoms with Crippen molar-refractivity contribution in [2.45, 2.75) is 19.4 Å². The summed E-state index contributed by atoms with van der Waals surface area (Å²) in [6.07, 6.45) is 0.991. The minimum Gasteiger partial charge on any atom is -0.354 e. The molecule has 21 heavy (non-hydrogen) atoms. The highest BCUT2D eigenvalue weighted by molar-refractivity contribution is 6.06. The van der Waals surface area contributed by atoms with Crippen LogP contribution < -0.4 is 10.6 Å². The van der Waals surface area contributed by atoms with Gasteiger partial charge in [-0.1, -0.05) is 0 Å². The Morgan fingerprint density at radius 2 is 2.24 bits per heavy atom. The van der Waals surface area contributed by atoms with Crippen LogP contribution >= 0.6 is 0 Å². The van der Waals surface area contributed by atoms with E-state index in [1.807, 2.05) is 6.92 Å². The van der Waals surface area contributed by atoms with Crippen LogP contribution in [0.2, 0.25) is 0 Å². The van der Waals surface area contributed by atoms with E-state index in [1.165, 1.54) is 7.05 Å². The number of imide groups is 1. The maximum atomic E-state index is 11.8. The summed E-state index contributed by atoms with van der Waals surface area (Å²) in [4.78, 5) is 42.4. The molecule has 2 amide bonds. The number of nitrogens with zero attached hydrogens (tertiary/aromatic N) is 4. The van der Waals surface area contributed by atoms with E-state index in [4.69, 9.17) is 0 Å². The molecule has 1 fully saturated rings. The average Bonchev–Trinajstić information content (AvgIpc) is 2.67. The largest absolute Gasteiger partial charge is 0.354 e. The van der Waals surface area contributed by atoms with Crippen LogP contribution in [-0.4, -0.2) is 51.2 Å². The van der Waals surface area contributed by atoms with Crippen molar-refractivity contribution < 1.29 is 14.5 Å². The number of aromatic nitrogens is 2. The Balaban J connectivity index is 2.29. The minimum atomic E-state index is -0.856. The molecule has 1 aliphatic heterocycles. The van der Waals surface area contributed by atoms with Crippen LogP contribution in [0.5, 0.6) is 0 Å². The van der Waals surface area contributed by atoms with Gasteiger partial charge in [0.05, 0.1) is 11.3 Å². The summed E-state index contributed by atoms with van der Waals surface area (Å²) < 4.78 is 0. The van der Waals surface area contributed by atoms with Crippen molar-refractivity contribution >= 4 is 29.3 Å². The third-order valence-electron chi connectivity index (χ3n) is 2.99. The van der Waals surface area contributed by atoms with Crippen LogP contribution in [0.25, 0.3) is 0 Å². The smallest absolute Gasteiger partial charge is 0.329 e. The average molecular weight is 294 g/mol. The van der Waals surface area contributed by atoms with E-state index in [0.29, 0.717) is 6.54 Å². The van der Waals surface area contributed by atoms with Crippen molar-refractivity contribution in [3.63, 3.8) is 0 Å². The lowest BCUT2D eigenvalue weighted by molar-refractivity contribution is -0.384. The Kier molecular flexibility index (Phi) is 3.96. The van der Waals surface area contributed by atoms with Gasteiger partial charge >= 0.3 is 5.69 Å². The number of carbonyl (C=O) groups is 2. The van der Waals surface area contributed by atoms with Gasteiger partial charge in [0, 0.05) is 13.6 Å². The van der Waals surface area contributed by atoms with Crippen LogP contribution in [0.4, 0.5) is 17.5 Å². The van der Waals surface area contributed by atoms with E-state index in [1.54, 1.807) is 0 Å². The molecule has 0 aromatic carbocycles. The molecular weight excluding hydrogens is 280 g/mol. The third-order valence-corrected chi connectivity index (χ3v) is 2.99. The van der Waals surface area contributed by atoms with Crippen molar-refractivity contribution in [1.29, 1.82) is 0 Å². The minimum absolute atomic E-state index is 0.0625. The molecule has 1 aromatic heterocycles. The SMILES string of the molecule is CCNc1ncc([N+](=O)[O-])c(NC2CC(=O)N(C)C2=O)n1. The van der Waals surface area contributed by atoms with Gasteiger partial charge in [-0.3, -0.25) is 24.6 Å². The topological polar surface area (TPSA) is 130 Å². The first kappa shape index (κ1) is 14.6. The molecule has 0 radical (unpaired) electrons. The fourth-order valence-electron chi connectivity index (χ4n) is 1.89. The van der Waals surface area contributed by atoms with Crippen LogP contribution in [0, 0.1) is 10.1 Å². The molecule has 0 spiro atoms. The molecule has 10 nitrogen and oxygen atoms in total. The second-order valence-electron chi connectivity index (χ2n) is 4.41. The predicted octanol–water partition coefficient (Wildman–Crippen LogP) is -0.0142. The number of rotatable bonds is 5. The Morgan fingerprint density at radius 1 is 1.52 bits per heavy atom. The maximum absolute atomic E-state index is 11.8. The summed E-state index contributed by atoms with van der Waals surface area (Å²) in [5, 5.41) is 16.5. The number of carbonyl (C=O) groups excluding carboxylic acids is 2. The van der Waals surface area contributed by atoms with Gasteiger partial charge in [-0.25, -0.2) is 4.98 Å². The quantitative estimate of drug-likeness (QED) is 0.440. The number of likely N-dealkylation sites (tertiary alicyclic amines) is 1. The molecule has 0 aliphatic carbocycles. The van der Waals surface area contributed by atoms with Gasteiger partial charge in [-0.05, 0) is 6.92 Å². The summed E-state index contributed by atoms with van der Waals surface area (Å²) >= 11 is 0. The lowest BCUT2D eigenvalue weighted by atomic mass is 10.2. The molecule has 2 heterocycles. The summed E-state index contributed by atoms with van der Waals surface area (Å²) in [5.41, 5.74) is -0.355. The summed E-state index contributed by atoms with van der Waals surface area (Å²) in [6, 6.07) is -0.856. The lowest BCUT2D eigenvalue weighted by Crippen LogP contribution is -2.32. The van der Waals surface area contributed by atoms with Gasteiger partial charge in [-0.15, -0.1) is 0 Å². The van der Waals surface area contributed by atoms with Crippen LogP contribution in [0.15, 0.2) is 6.20 Å². The molecular formula is C11H14N6O4. The Labute approximate surface area is 119 Å². The highest BCUT2D eigenvalue weighted by Crippen LogP contribution is 2.25. The van der Waals surface area contributed by atoms with Crippen molar-refractivity contribution in [2.75, 3.05) is 24.2 Å². The number of nitrogens with one attached hydrogen (secondary N) is 2. The van der Waals surface area contributed by atoms with E-state index < -0.39 is 16.9 Å². The molecule has 112 valence electrons. The first-order valence-corrected chi connectivity index (χ1v) is 6.26. The molecule has 1 aromatic rings. The Hall–Kier alpha value is -2.78. The maximum Gasteiger partial charge on any atom is 0.329 e. The molecule has 10 heteroatoms. The second kappa shape index (κ2) is 5.69. The summed E-state index contributed by atoms with van der Waals surface area (Å²) in [7, 11) is 1.37. The van der Waals surface area contributed by atoms with Crippen molar-refractivity contribution in [2.24, 2.45) is 0 Å².